The van der Waals surface area contributed by atoms with E-state index in [4.69, 9.17) is 4.74 Å². The zero-order valence-corrected chi connectivity index (χ0v) is 22.5. The van der Waals surface area contributed by atoms with Crippen LogP contribution in [0.25, 0.3) is 10.1 Å². The SMILES string of the molecule is CCCCc1ccc(NC(=O)c2cc3cc(N(C)S(=O)(=O)c4ccc(OC)c(C)c4)ccc3s2)cc1. The predicted octanol–water partition coefficient (Wildman–Crippen LogP) is 6.64. The molecule has 0 aliphatic rings. The van der Waals surface area contributed by atoms with Gasteiger partial charge in [0.25, 0.3) is 15.9 Å². The van der Waals surface area contributed by atoms with Crippen molar-refractivity contribution in [3.63, 3.8) is 0 Å². The number of carbonyl (C=O) groups excluding carboxylic acids is 1. The molecule has 0 bridgehead atoms. The average molecular weight is 523 g/mol. The second-order valence-electron chi connectivity index (χ2n) is 8.69. The summed E-state index contributed by atoms with van der Waals surface area (Å²) >= 11 is 1.38. The molecule has 1 aromatic heterocycles. The second-order valence-corrected chi connectivity index (χ2v) is 11.7. The molecule has 0 saturated heterocycles. The molecule has 0 fully saturated rings. The quantitative estimate of drug-likeness (QED) is 0.267. The minimum absolute atomic E-state index is 0.186. The molecule has 8 heteroatoms. The molecule has 0 spiro atoms. The van der Waals surface area contributed by atoms with E-state index in [1.165, 1.54) is 28.3 Å². The van der Waals surface area contributed by atoms with E-state index in [0.29, 0.717) is 16.3 Å². The van der Waals surface area contributed by atoms with Crippen molar-refractivity contribution in [2.24, 2.45) is 0 Å². The molecular formula is C28H30N2O4S2. The summed E-state index contributed by atoms with van der Waals surface area (Å²) in [5.74, 6) is 0.447. The van der Waals surface area contributed by atoms with E-state index in [9.17, 15) is 13.2 Å². The largest absolute Gasteiger partial charge is 0.496 e. The van der Waals surface area contributed by atoms with Crippen LogP contribution >= 0.6 is 11.3 Å². The molecule has 0 atom stereocenters. The lowest BCUT2D eigenvalue weighted by Gasteiger charge is -2.20. The standard InChI is InChI=1S/C28H30N2O4S2/c1-5-6-7-20-8-10-22(11-9-20)29-28(31)27-18-21-17-23(12-15-26(21)35-27)30(3)36(32,33)24-13-14-25(34-4)19(2)16-24/h8-18H,5-7H2,1-4H3,(H,29,31). The van der Waals surface area contributed by atoms with Crippen molar-refractivity contribution in [1.82, 2.24) is 0 Å². The maximum Gasteiger partial charge on any atom is 0.265 e. The molecule has 0 unspecified atom stereocenters. The van der Waals surface area contributed by atoms with Gasteiger partial charge in [0.15, 0.2) is 0 Å². The fraction of sp³-hybridized carbons (Fsp3) is 0.250. The number of thiophene rings is 1. The first-order chi connectivity index (χ1) is 17.2. The Bertz CT molecular complexity index is 1490. The Labute approximate surface area is 216 Å². The van der Waals surface area contributed by atoms with Crippen LogP contribution in [0.15, 0.2) is 71.6 Å². The monoisotopic (exact) mass is 522 g/mol. The highest BCUT2D eigenvalue weighted by Gasteiger charge is 2.23. The van der Waals surface area contributed by atoms with Crippen molar-refractivity contribution in [3.8, 4) is 5.75 Å². The Morgan fingerprint density at radius 1 is 1.03 bits per heavy atom. The number of nitrogens with one attached hydrogen (secondary N) is 1. The highest BCUT2D eigenvalue weighted by molar-refractivity contribution is 7.92. The summed E-state index contributed by atoms with van der Waals surface area (Å²) in [6, 6.07) is 19.9. The van der Waals surface area contributed by atoms with Gasteiger partial charge in [0.05, 0.1) is 22.6 Å². The third-order valence-corrected chi connectivity index (χ3v) is 9.04. The molecule has 4 rings (SSSR count). The van der Waals surface area contributed by atoms with Crippen LogP contribution in [0.1, 0.15) is 40.6 Å². The van der Waals surface area contributed by atoms with Crippen LogP contribution in [0.5, 0.6) is 5.75 Å². The number of hydrogen-bond acceptors (Lipinski definition) is 5. The summed E-state index contributed by atoms with van der Waals surface area (Å²) in [6.07, 6.45) is 3.33. The van der Waals surface area contributed by atoms with Gasteiger partial charge >= 0.3 is 0 Å². The van der Waals surface area contributed by atoms with E-state index in [-0.39, 0.29) is 10.8 Å². The Kier molecular flexibility index (Phi) is 7.66. The number of benzene rings is 3. The van der Waals surface area contributed by atoms with Crippen molar-refractivity contribution in [2.45, 2.75) is 38.0 Å². The van der Waals surface area contributed by atoms with Crippen LogP contribution in [0.3, 0.4) is 0 Å². The number of nitrogens with zero attached hydrogens (tertiary/aromatic N) is 1. The maximum absolute atomic E-state index is 13.2. The number of carbonyl (C=O) groups is 1. The van der Waals surface area contributed by atoms with Gasteiger partial charge in [0, 0.05) is 17.4 Å². The summed E-state index contributed by atoms with van der Waals surface area (Å²) < 4.78 is 33.9. The number of hydrogen-bond donors (Lipinski definition) is 1. The predicted molar refractivity (Wildman–Crippen MR) is 148 cm³/mol. The van der Waals surface area contributed by atoms with Crippen molar-refractivity contribution in [2.75, 3.05) is 23.8 Å². The van der Waals surface area contributed by atoms with Gasteiger partial charge in [-0.2, -0.15) is 0 Å². The van der Waals surface area contributed by atoms with Crippen LogP contribution in [-0.4, -0.2) is 28.5 Å². The number of unbranched alkanes of at least 4 members (excludes halogenated alkanes) is 1. The van der Waals surface area contributed by atoms with Gasteiger partial charge in [0.2, 0.25) is 0 Å². The topological polar surface area (TPSA) is 75.7 Å². The Morgan fingerprint density at radius 3 is 2.44 bits per heavy atom. The minimum Gasteiger partial charge on any atom is -0.496 e. The van der Waals surface area contributed by atoms with Crippen LogP contribution < -0.4 is 14.4 Å². The maximum atomic E-state index is 13.2. The van der Waals surface area contributed by atoms with Crippen molar-refractivity contribution in [1.29, 1.82) is 0 Å². The van der Waals surface area contributed by atoms with Gasteiger partial charge in [0.1, 0.15) is 5.75 Å². The number of aryl methyl sites for hydroxylation is 2. The van der Waals surface area contributed by atoms with Crippen molar-refractivity contribution < 1.29 is 17.9 Å². The summed E-state index contributed by atoms with van der Waals surface area (Å²) in [6.45, 7) is 3.98. The van der Waals surface area contributed by atoms with E-state index in [0.717, 1.165) is 40.6 Å². The van der Waals surface area contributed by atoms with E-state index < -0.39 is 10.0 Å². The summed E-state index contributed by atoms with van der Waals surface area (Å²) in [7, 11) is -0.685. The number of amides is 1. The summed E-state index contributed by atoms with van der Waals surface area (Å²) in [5, 5.41) is 3.77. The van der Waals surface area contributed by atoms with E-state index in [1.807, 2.05) is 37.3 Å². The number of sulfonamides is 1. The summed E-state index contributed by atoms with van der Waals surface area (Å²) in [5.41, 5.74) is 3.27. The minimum atomic E-state index is -3.77. The Morgan fingerprint density at radius 2 is 1.78 bits per heavy atom. The molecule has 188 valence electrons. The molecule has 0 radical (unpaired) electrons. The molecular weight excluding hydrogens is 492 g/mol. The highest BCUT2D eigenvalue weighted by atomic mass is 32.2. The first-order valence-electron chi connectivity index (χ1n) is 11.8. The first-order valence-corrected chi connectivity index (χ1v) is 14.1. The van der Waals surface area contributed by atoms with Crippen molar-refractivity contribution >= 4 is 48.7 Å². The zero-order valence-electron chi connectivity index (χ0n) is 20.9. The third kappa shape index (κ3) is 5.39. The zero-order chi connectivity index (χ0) is 25.9. The van der Waals surface area contributed by atoms with E-state index in [1.54, 1.807) is 43.5 Å². The molecule has 1 heterocycles. The lowest BCUT2D eigenvalue weighted by molar-refractivity contribution is 0.103. The number of methoxy groups -OCH3 is 1. The van der Waals surface area contributed by atoms with Gasteiger partial charge in [-0.05, 0) is 90.9 Å². The number of anilines is 2. The van der Waals surface area contributed by atoms with Crippen LogP contribution in [-0.2, 0) is 16.4 Å². The van der Waals surface area contributed by atoms with Gasteiger partial charge in [-0.1, -0.05) is 25.5 Å². The van der Waals surface area contributed by atoms with Gasteiger partial charge in [-0.25, -0.2) is 8.42 Å². The Balaban J connectivity index is 1.53. The van der Waals surface area contributed by atoms with E-state index >= 15 is 0 Å². The number of ether oxygens (including phenoxy) is 1. The molecule has 4 aromatic rings. The molecule has 1 N–H and O–H groups in total. The van der Waals surface area contributed by atoms with Crippen molar-refractivity contribution in [3.05, 3.63) is 82.7 Å². The van der Waals surface area contributed by atoms with Gasteiger partial charge in [-0.3, -0.25) is 9.10 Å². The molecule has 6 nitrogen and oxygen atoms in total. The lowest BCUT2D eigenvalue weighted by atomic mass is 10.1. The molecule has 0 aliphatic heterocycles. The smallest absolute Gasteiger partial charge is 0.265 e. The second kappa shape index (κ2) is 10.7. The molecule has 0 saturated carbocycles. The lowest BCUT2D eigenvalue weighted by Crippen LogP contribution is -2.26. The molecule has 0 aliphatic carbocycles. The van der Waals surface area contributed by atoms with E-state index in [2.05, 4.69) is 12.2 Å². The van der Waals surface area contributed by atoms with Crippen LogP contribution in [0.2, 0.25) is 0 Å². The molecule has 36 heavy (non-hydrogen) atoms. The fourth-order valence-corrected chi connectivity index (χ4v) is 6.19. The van der Waals surface area contributed by atoms with Gasteiger partial charge in [-0.15, -0.1) is 11.3 Å². The Hall–Kier alpha value is -3.36. The van der Waals surface area contributed by atoms with Crippen LogP contribution in [0.4, 0.5) is 11.4 Å². The summed E-state index contributed by atoms with van der Waals surface area (Å²) in [4.78, 5) is 13.6. The molecule has 3 aromatic carbocycles. The number of rotatable bonds is 9. The first kappa shape index (κ1) is 25.7. The van der Waals surface area contributed by atoms with Gasteiger partial charge < -0.3 is 10.1 Å². The average Bonchev–Trinajstić information content (AvgIpc) is 3.31. The van der Waals surface area contributed by atoms with Crippen LogP contribution in [0, 0.1) is 6.92 Å². The normalized spacial score (nSPS) is 11.4. The third-order valence-electron chi connectivity index (χ3n) is 6.14. The highest BCUT2D eigenvalue weighted by Crippen LogP contribution is 2.32. The fourth-order valence-electron chi connectivity index (χ4n) is 3.98. The molecule has 1 amide bonds. The number of fused-ring (bicyclic) bond motifs is 1.